The zero-order valence-electron chi connectivity index (χ0n) is 13.3. The predicted octanol–water partition coefficient (Wildman–Crippen LogP) is 5.69. The van der Waals surface area contributed by atoms with E-state index in [0.29, 0.717) is 20.6 Å². The summed E-state index contributed by atoms with van der Waals surface area (Å²) < 4.78 is 1.17. The second-order valence-corrected chi connectivity index (χ2v) is 8.67. The number of anilines is 1. The van der Waals surface area contributed by atoms with Gasteiger partial charge in [0.1, 0.15) is 0 Å². The summed E-state index contributed by atoms with van der Waals surface area (Å²) in [5, 5.41) is 4.27. The Morgan fingerprint density at radius 3 is 2.52 bits per heavy atom. The molecule has 0 aliphatic carbocycles. The van der Waals surface area contributed by atoms with Gasteiger partial charge in [-0.1, -0.05) is 63.0 Å². The Balaban J connectivity index is 1.68. The number of hydrogen-bond donors (Lipinski definition) is 2. The van der Waals surface area contributed by atoms with Crippen LogP contribution in [0.4, 0.5) is 10.5 Å². The molecule has 3 rings (SSSR count). The average molecular weight is 503 g/mol. The summed E-state index contributed by atoms with van der Waals surface area (Å²) in [5.41, 5.74) is 3.71. The van der Waals surface area contributed by atoms with E-state index in [2.05, 4.69) is 26.7 Å². The lowest BCUT2D eigenvalue weighted by Crippen LogP contribution is -2.46. The van der Waals surface area contributed by atoms with Crippen LogP contribution < -0.4 is 10.7 Å². The second-order valence-electron chi connectivity index (χ2n) is 5.26. The molecule has 1 aliphatic rings. The minimum Gasteiger partial charge on any atom is -0.307 e. The Morgan fingerprint density at radius 1 is 1.15 bits per heavy atom. The molecule has 27 heavy (non-hydrogen) atoms. The third-order valence-electron chi connectivity index (χ3n) is 3.35. The van der Waals surface area contributed by atoms with E-state index in [9.17, 15) is 9.59 Å². The number of benzene rings is 2. The molecule has 0 atom stereocenters. The largest absolute Gasteiger partial charge is 0.338 e. The maximum absolute atomic E-state index is 12.5. The van der Waals surface area contributed by atoms with Crippen LogP contribution in [0.3, 0.4) is 0 Å². The summed E-state index contributed by atoms with van der Waals surface area (Å²) in [7, 11) is 0. The van der Waals surface area contributed by atoms with Gasteiger partial charge in [-0.3, -0.25) is 4.79 Å². The van der Waals surface area contributed by atoms with Crippen LogP contribution in [-0.4, -0.2) is 21.3 Å². The number of rotatable bonds is 3. The van der Waals surface area contributed by atoms with Crippen LogP contribution in [-0.2, 0) is 4.79 Å². The first-order valence-electron chi connectivity index (χ1n) is 7.40. The molecule has 138 valence electrons. The minimum absolute atomic E-state index is 0.229. The van der Waals surface area contributed by atoms with Gasteiger partial charge in [0, 0.05) is 10.2 Å². The van der Waals surface area contributed by atoms with Gasteiger partial charge in [0.2, 0.25) is 0 Å². The molecule has 1 heterocycles. The fourth-order valence-corrected chi connectivity index (χ4v) is 3.85. The van der Waals surface area contributed by atoms with Crippen molar-refractivity contribution in [3.05, 3.63) is 67.5 Å². The van der Waals surface area contributed by atoms with Gasteiger partial charge < -0.3 is 5.32 Å². The minimum atomic E-state index is -0.630. The fourth-order valence-electron chi connectivity index (χ4n) is 2.11. The summed E-state index contributed by atoms with van der Waals surface area (Å²) in [4.78, 5) is 25.1. The van der Waals surface area contributed by atoms with Gasteiger partial charge in [-0.25, -0.2) is 10.2 Å². The predicted molar refractivity (Wildman–Crippen MR) is 118 cm³/mol. The first kappa shape index (κ1) is 20.2. The van der Waals surface area contributed by atoms with Crippen LogP contribution in [0.5, 0.6) is 0 Å². The molecule has 1 fully saturated rings. The number of nitrogens with one attached hydrogen (secondary N) is 2. The molecule has 0 saturated carbocycles. The van der Waals surface area contributed by atoms with Gasteiger partial charge in [0.15, 0.2) is 4.32 Å². The zero-order chi connectivity index (χ0) is 19.6. The number of halogens is 3. The molecule has 1 aliphatic heterocycles. The second kappa shape index (κ2) is 8.62. The molecular formula is C17H10BrCl2N3O2S2. The summed E-state index contributed by atoms with van der Waals surface area (Å²) in [6, 6.07) is 11.5. The van der Waals surface area contributed by atoms with E-state index in [1.165, 1.54) is 6.07 Å². The lowest BCUT2D eigenvalue weighted by molar-refractivity contribution is -0.123. The van der Waals surface area contributed by atoms with Crippen LogP contribution in [0.15, 0.2) is 51.8 Å². The van der Waals surface area contributed by atoms with Gasteiger partial charge >= 0.3 is 6.03 Å². The van der Waals surface area contributed by atoms with Crippen molar-refractivity contribution in [2.45, 2.75) is 0 Å². The first-order chi connectivity index (χ1) is 12.8. The molecular weight excluding hydrogens is 493 g/mol. The summed E-state index contributed by atoms with van der Waals surface area (Å²) in [5.74, 6) is -0.405. The van der Waals surface area contributed by atoms with Gasteiger partial charge in [0.25, 0.3) is 5.91 Å². The number of hydrazine groups is 1. The third kappa shape index (κ3) is 5.03. The Hall–Kier alpha value is -1.58. The fraction of sp³-hybridized carbons (Fsp3) is 0. The highest BCUT2D eigenvalue weighted by atomic mass is 79.9. The number of amides is 3. The van der Waals surface area contributed by atoms with Crippen molar-refractivity contribution in [3.8, 4) is 0 Å². The summed E-state index contributed by atoms with van der Waals surface area (Å²) in [6.07, 6.45) is 1.71. The Kier molecular flexibility index (Phi) is 6.44. The molecule has 2 aromatic carbocycles. The standard InChI is InChI=1S/C17H10BrCl2N3O2S2/c18-10-3-1-9(2-4-10)7-14-15(24)23(17(26)27-14)22-16(25)21-11-5-6-12(19)13(20)8-11/h1-8H,(H2,21,22,25)/b14-7+. The number of thiocarbonyl (C=S) groups is 1. The van der Waals surface area contributed by atoms with E-state index >= 15 is 0 Å². The number of urea groups is 1. The number of nitrogens with zero attached hydrogens (tertiary/aromatic N) is 1. The molecule has 0 unspecified atom stereocenters. The highest BCUT2D eigenvalue weighted by Gasteiger charge is 2.33. The normalized spacial score (nSPS) is 15.4. The number of hydrogen-bond acceptors (Lipinski definition) is 4. The first-order valence-corrected chi connectivity index (χ1v) is 10.2. The van der Waals surface area contributed by atoms with Crippen molar-refractivity contribution in [1.82, 2.24) is 10.4 Å². The number of carbonyl (C=O) groups excluding carboxylic acids is 2. The van der Waals surface area contributed by atoms with E-state index in [1.807, 2.05) is 24.3 Å². The number of carbonyl (C=O) groups is 2. The van der Waals surface area contributed by atoms with Crippen molar-refractivity contribution in [1.29, 1.82) is 0 Å². The van der Waals surface area contributed by atoms with Crippen LogP contribution >= 0.6 is 63.1 Å². The van der Waals surface area contributed by atoms with E-state index < -0.39 is 11.9 Å². The lowest BCUT2D eigenvalue weighted by atomic mass is 10.2. The molecule has 0 aromatic heterocycles. The lowest BCUT2D eigenvalue weighted by Gasteiger charge is -2.16. The smallest absolute Gasteiger partial charge is 0.307 e. The number of thioether (sulfide) groups is 1. The van der Waals surface area contributed by atoms with Gasteiger partial charge in [0.05, 0.1) is 15.0 Å². The average Bonchev–Trinajstić information content (AvgIpc) is 2.87. The van der Waals surface area contributed by atoms with Crippen molar-refractivity contribution in [2.24, 2.45) is 0 Å². The molecule has 1 saturated heterocycles. The van der Waals surface area contributed by atoms with E-state index in [4.69, 9.17) is 35.4 Å². The zero-order valence-corrected chi connectivity index (χ0v) is 18.1. The van der Waals surface area contributed by atoms with Gasteiger partial charge in [-0.05, 0) is 54.2 Å². The molecule has 0 radical (unpaired) electrons. The topological polar surface area (TPSA) is 61.4 Å². The van der Waals surface area contributed by atoms with E-state index in [0.717, 1.165) is 26.8 Å². The van der Waals surface area contributed by atoms with Crippen molar-refractivity contribution in [3.63, 3.8) is 0 Å². The quantitative estimate of drug-likeness (QED) is 0.417. The third-order valence-corrected chi connectivity index (χ3v) is 5.92. The van der Waals surface area contributed by atoms with Gasteiger partial charge in [-0.2, -0.15) is 5.01 Å². The van der Waals surface area contributed by atoms with E-state index in [-0.39, 0.29) is 4.32 Å². The maximum Gasteiger partial charge on any atom is 0.338 e. The van der Waals surface area contributed by atoms with Crippen LogP contribution in [0.25, 0.3) is 6.08 Å². The van der Waals surface area contributed by atoms with Crippen LogP contribution in [0.1, 0.15) is 5.56 Å². The highest BCUT2D eigenvalue weighted by molar-refractivity contribution is 9.10. The molecule has 0 spiro atoms. The Morgan fingerprint density at radius 2 is 1.85 bits per heavy atom. The van der Waals surface area contributed by atoms with Crippen molar-refractivity contribution in [2.75, 3.05) is 5.32 Å². The summed E-state index contributed by atoms with van der Waals surface area (Å²) >= 11 is 21.4. The SMILES string of the molecule is O=C(Nc1ccc(Cl)c(Cl)c1)NN1C(=O)/C(=C\c2ccc(Br)cc2)SC1=S. The van der Waals surface area contributed by atoms with E-state index in [1.54, 1.807) is 18.2 Å². The molecule has 5 nitrogen and oxygen atoms in total. The van der Waals surface area contributed by atoms with Gasteiger partial charge in [-0.15, -0.1) is 0 Å². The Bertz CT molecular complexity index is 967. The molecule has 0 bridgehead atoms. The van der Waals surface area contributed by atoms with Crippen molar-refractivity contribution < 1.29 is 9.59 Å². The summed E-state index contributed by atoms with van der Waals surface area (Å²) in [6.45, 7) is 0. The maximum atomic E-state index is 12.5. The molecule has 3 amide bonds. The molecule has 10 heteroatoms. The highest BCUT2D eigenvalue weighted by Crippen LogP contribution is 2.31. The van der Waals surface area contributed by atoms with Crippen LogP contribution in [0.2, 0.25) is 10.0 Å². The molecule has 2 N–H and O–H groups in total. The molecule has 2 aromatic rings. The van der Waals surface area contributed by atoms with Crippen LogP contribution in [0, 0.1) is 0 Å². The monoisotopic (exact) mass is 501 g/mol. The van der Waals surface area contributed by atoms with Crippen molar-refractivity contribution >= 4 is 91.1 Å². The Labute approximate surface area is 183 Å².